The zero-order chi connectivity index (χ0) is 16.5. The summed E-state index contributed by atoms with van der Waals surface area (Å²) in [6, 6.07) is 3.81. The Morgan fingerprint density at radius 2 is 1.96 bits per heavy atom. The van der Waals surface area contributed by atoms with Gasteiger partial charge in [0.1, 0.15) is 11.9 Å². The van der Waals surface area contributed by atoms with Crippen molar-refractivity contribution < 1.29 is 24.4 Å². The Morgan fingerprint density at radius 3 is 2.71 bits per heavy atom. The molecule has 0 amide bonds. The lowest BCUT2D eigenvalue weighted by molar-refractivity contribution is 0.0575. The van der Waals surface area contributed by atoms with E-state index in [2.05, 4.69) is 11.0 Å². The van der Waals surface area contributed by atoms with Gasteiger partial charge in [-0.05, 0) is 48.7 Å². The van der Waals surface area contributed by atoms with Crippen molar-refractivity contribution in [2.45, 2.75) is 36.5 Å². The molecule has 1 aliphatic carbocycles. The van der Waals surface area contributed by atoms with E-state index in [4.69, 9.17) is 14.2 Å². The van der Waals surface area contributed by atoms with Crippen LogP contribution in [0.5, 0.6) is 11.5 Å². The fraction of sp³-hybridized carbons (Fsp3) is 0.556. The first-order valence-corrected chi connectivity index (χ1v) is 8.45. The van der Waals surface area contributed by atoms with E-state index in [0.717, 1.165) is 30.5 Å². The maximum absolute atomic E-state index is 11.0. The molecule has 3 heterocycles. The number of β-amino-alcohol motifs (C(OH)–C–C–N with tert-alkyl or cyclic N) is 1. The molecule has 0 saturated carbocycles. The molecule has 1 fully saturated rings. The molecule has 4 atom stereocenters. The van der Waals surface area contributed by atoms with Crippen LogP contribution in [0.25, 0.3) is 0 Å². The SMILES string of the molecule is COC1=C[C@]23CCCN2C[C@H](O)c2cc4c(cc2[C@@H]3C1O)OCO4. The molecule has 0 aromatic heterocycles. The highest BCUT2D eigenvalue weighted by Crippen LogP contribution is 2.55. The van der Waals surface area contributed by atoms with Crippen molar-refractivity contribution in [2.24, 2.45) is 0 Å². The summed E-state index contributed by atoms with van der Waals surface area (Å²) < 4.78 is 16.5. The molecule has 24 heavy (non-hydrogen) atoms. The summed E-state index contributed by atoms with van der Waals surface area (Å²) in [5.41, 5.74) is 1.46. The van der Waals surface area contributed by atoms with Gasteiger partial charge in [0, 0.05) is 12.5 Å². The van der Waals surface area contributed by atoms with Gasteiger partial charge in [-0.15, -0.1) is 0 Å². The molecule has 6 heteroatoms. The maximum atomic E-state index is 11.0. The van der Waals surface area contributed by atoms with Crippen LogP contribution >= 0.6 is 0 Å². The second-order valence-corrected chi connectivity index (χ2v) is 7.06. The Kier molecular flexibility index (Phi) is 2.96. The summed E-state index contributed by atoms with van der Waals surface area (Å²) in [4.78, 5) is 2.30. The van der Waals surface area contributed by atoms with Crippen LogP contribution < -0.4 is 9.47 Å². The average Bonchev–Trinajstić information content (AvgIpc) is 3.24. The first kappa shape index (κ1) is 14.6. The van der Waals surface area contributed by atoms with Gasteiger partial charge in [0.05, 0.1) is 18.8 Å². The number of benzene rings is 1. The van der Waals surface area contributed by atoms with Gasteiger partial charge in [-0.2, -0.15) is 0 Å². The predicted molar refractivity (Wildman–Crippen MR) is 84.9 cm³/mol. The fourth-order valence-electron chi connectivity index (χ4n) is 5.01. The van der Waals surface area contributed by atoms with E-state index in [0.29, 0.717) is 23.8 Å². The van der Waals surface area contributed by atoms with Gasteiger partial charge >= 0.3 is 0 Å². The summed E-state index contributed by atoms with van der Waals surface area (Å²) in [6.07, 6.45) is 2.73. The molecule has 1 aromatic rings. The first-order chi connectivity index (χ1) is 11.6. The number of methoxy groups -OCH3 is 1. The molecule has 3 aliphatic heterocycles. The number of rotatable bonds is 1. The number of hydrogen-bond acceptors (Lipinski definition) is 6. The van der Waals surface area contributed by atoms with Crippen molar-refractivity contribution >= 4 is 0 Å². The molecule has 6 nitrogen and oxygen atoms in total. The number of hydrogen-bond donors (Lipinski definition) is 2. The van der Waals surface area contributed by atoms with Crippen LogP contribution in [0.1, 0.15) is 36.0 Å². The third-order valence-corrected chi connectivity index (χ3v) is 6.03. The van der Waals surface area contributed by atoms with Crippen LogP contribution in [0, 0.1) is 0 Å². The minimum Gasteiger partial charge on any atom is -0.499 e. The van der Waals surface area contributed by atoms with Gasteiger partial charge in [0.15, 0.2) is 11.5 Å². The molecule has 5 rings (SSSR count). The third-order valence-electron chi connectivity index (χ3n) is 6.03. The van der Waals surface area contributed by atoms with E-state index in [1.54, 1.807) is 7.11 Å². The monoisotopic (exact) mass is 331 g/mol. The summed E-state index contributed by atoms with van der Waals surface area (Å²) in [7, 11) is 1.60. The highest BCUT2D eigenvalue weighted by molar-refractivity contribution is 5.54. The summed E-state index contributed by atoms with van der Waals surface area (Å²) in [5.74, 6) is 1.79. The average molecular weight is 331 g/mol. The molecule has 1 saturated heterocycles. The lowest BCUT2D eigenvalue weighted by Gasteiger charge is -2.38. The summed E-state index contributed by atoms with van der Waals surface area (Å²) in [5, 5.41) is 21.8. The lowest BCUT2D eigenvalue weighted by Crippen LogP contribution is -2.47. The molecule has 1 unspecified atom stereocenters. The molecule has 1 spiro atoms. The van der Waals surface area contributed by atoms with Crippen molar-refractivity contribution in [1.29, 1.82) is 0 Å². The Hall–Kier alpha value is -1.76. The smallest absolute Gasteiger partial charge is 0.231 e. The molecule has 1 aromatic carbocycles. The summed E-state index contributed by atoms with van der Waals surface area (Å²) >= 11 is 0. The van der Waals surface area contributed by atoms with Gasteiger partial charge in [-0.3, -0.25) is 4.90 Å². The Labute approximate surface area is 140 Å². The number of fused-ring (bicyclic) bond motifs is 3. The molecular formula is C18H21NO5. The second kappa shape index (κ2) is 4.88. The van der Waals surface area contributed by atoms with E-state index in [-0.39, 0.29) is 18.2 Å². The van der Waals surface area contributed by atoms with Crippen molar-refractivity contribution in [2.75, 3.05) is 27.0 Å². The molecule has 128 valence electrons. The van der Waals surface area contributed by atoms with Gasteiger partial charge < -0.3 is 24.4 Å². The van der Waals surface area contributed by atoms with Gasteiger partial charge in [-0.25, -0.2) is 0 Å². The van der Waals surface area contributed by atoms with E-state index >= 15 is 0 Å². The molecule has 4 aliphatic rings. The van der Waals surface area contributed by atoms with E-state index in [9.17, 15) is 10.2 Å². The van der Waals surface area contributed by atoms with Crippen molar-refractivity contribution in [3.8, 4) is 11.5 Å². The van der Waals surface area contributed by atoms with Crippen molar-refractivity contribution in [1.82, 2.24) is 4.90 Å². The van der Waals surface area contributed by atoms with Gasteiger partial charge in [0.25, 0.3) is 0 Å². The minimum atomic E-state index is -0.722. The van der Waals surface area contributed by atoms with Gasteiger partial charge in [-0.1, -0.05) is 0 Å². The van der Waals surface area contributed by atoms with Crippen LogP contribution in [-0.2, 0) is 4.74 Å². The molecule has 2 N–H and O–H groups in total. The van der Waals surface area contributed by atoms with Crippen molar-refractivity contribution in [3.05, 3.63) is 35.1 Å². The van der Waals surface area contributed by atoms with Crippen LogP contribution in [0.3, 0.4) is 0 Å². The standard InChI is InChI=1S/C18H21NO5/c1-22-15-7-18-3-2-4-19(18)8-12(20)10-5-13-14(24-9-23-13)6-11(10)16(18)17(15)21/h5-7,12,16-17,20-21H,2-4,8-9H2,1H3/t12-,16+,17?,18-/m0/s1. The fourth-order valence-corrected chi connectivity index (χ4v) is 5.01. The number of nitrogens with zero attached hydrogens (tertiary/aromatic N) is 1. The van der Waals surface area contributed by atoms with Gasteiger partial charge in [0.2, 0.25) is 6.79 Å². The zero-order valence-electron chi connectivity index (χ0n) is 13.6. The maximum Gasteiger partial charge on any atom is 0.231 e. The van der Waals surface area contributed by atoms with E-state index < -0.39 is 12.2 Å². The highest BCUT2D eigenvalue weighted by Gasteiger charge is 2.57. The van der Waals surface area contributed by atoms with E-state index in [1.807, 2.05) is 12.1 Å². The lowest BCUT2D eigenvalue weighted by atomic mass is 9.77. The van der Waals surface area contributed by atoms with Crippen LogP contribution in [0.4, 0.5) is 0 Å². The Bertz CT molecular complexity index is 732. The Balaban J connectivity index is 1.73. The summed E-state index contributed by atoms with van der Waals surface area (Å²) in [6.45, 7) is 1.65. The van der Waals surface area contributed by atoms with E-state index in [1.165, 1.54) is 0 Å². The second-order valence-electron chi connectivity index (χ2n) is 7.06. The molecule has 0 radical (unpaired) electrons. The quantitative estimate of drug-likeness (QED) is 0.808. The van der Waals surface area contributed by atoms with Crippen LogP contribution in [0.15, 0.2) is 24.0 Å². The topological polar surface area (TPSA) is 71.4 Å². The van der Waals surface area contributed by atoms with Crippen molar-refractivity contribution in [3.63, 3.8) is 0 Å². The number of aliphatic hydroxyl groups is 2. The number of aliphatic hydroxyl groups excluding tert-OH is 2. The Morgan fingerprint density at radius 1 is 1.21 bits per heavy atom. The minimum absolute atomic E-state index is 0.170. The zero-order valence-corrected chi connectivity index (χ0v) is 13.6. The van der Waals surface area contributed by atoms with Crippen LogP contribution in [-0.4, -0.2) is 53.7 Å². The molecular weight excluding hydrogens is 310 g/mol. The van der Waals surface area contributed by atoms with Crippen LogP contribution in [0.2, 0.25) is 0 Å². The third kappa shape index (κ3) is 1.71. The first-order valence-electron chi connectivity index (χ1n) is 8.45. The number of ether oxygens (including phenoxy) is 3. The predicted octanol–water partition coefficient (Wildman–Crippen LogP) is 1.29. The largest absolute Gasteiger partial charge is 0.499 e. The normalized spacial score (nSPS) is 36.6. The highest BCUT2D eigenvalue weighted by atomic mass is 16.7. The molecule has 0 bridgehead atoms.